The van der Waals surface area contributed by atoms with Gasteiger partial charge in [0, 0.05) is 19.3 Å². The van der Waals surface area contributed by atoms with Crippen LogP contribution in [-0.2, 0) is 20.1 Å². The van der Waals surface area contributed by atoms with E-state index in [4.69, 9.17) is 0 Å². The van der Waals surface area contributed by atoms with E-state index in [0.29, 0.717) is 29.2 Å². The van der Waals surface area contributed by atoms with Gasteiger partial charge in [0.25, 0.3) is 5.56 Å². The fourth-order valence-corrected chi connectivity index (χ4v) is 3.56. The van der Waals surface area contributed by atoms with Gasteiger partial charge in [0.15, 0.2) is 11.2 Å². The molecule has 0 aliphatic rings. The summed E-state index contributed by atoms with van der Waals surface area (Å²) in [5, 5.41) is 4.47. The van der Waals surface area contributed by atoms with Crippen LogP contribution < -0.4 is 11.2 Å². The molecule has 0 atom stereocenters. The molecule has 0 aliphatic heterocycles. The molecule has 0 saturated carbocycles. The number of aromatic nitrogens is 6. The maximum absolute atomic E-state index is 13.3. The van der Waals surface area contributed by atoms with E-state index in [9.17, 15) is 14.0 Å². The number of hydrogen-bond donors (Lipinski definition) is 0. The van der Waals surface area contributed by atoms with Crippen molar-refractivity contribution in [2.75, 3.05) is 0 Å². The van der Waals surface area contributed by atoms with E-state index < -0.39 is 11.2 Å². The van der Waals surface area contributed by atoms with Gasteiger partial charge in [0.1, 0.15) is 5.82 Å². The molecular weight excluding hydrogens is 375 g/mol. The quantitative estimate of drug-likeness (QED) is 0.528. The Hall–Kier alpha value is -3.49. The normalized spacial score (nSPS) is 11.5. The van der Waals surface area contributed by atoms with Crippen LogP contribution >= 0.6 is 0 Å². The second-order valence-electron chi connectivity index (χ2n) is 7.03. The first-order valence-corrected chi connectivity index (χ1v) is 9.30. The standard InChI is InChI=1S/C20H21FN6O2/c1-5-25-16-17(22-19(25)27-13(3)10-12(2)23-27)24(4)20(29)26(18(16)28)11-14-6-8-15(21)9-7-14/h6-10H,5,11H2,1-4H3. The number of aryl methyl sites for hydroxylation is 4. The molecular formula is C20H21FN6O2. The molecule has 150 valence electrons. The van der Waals surface area contributed by atoms with Crippen molar-refractivity contribution in [3.63, 3.8) is 0 Å². The lowest BCUT2D eigenvalue weighted by atomic mass is 10.2. The number of imidazole rings is 1. The predicted molar refractivity (Wildman–Crippen MR) is 107 cm³/mol. The third kappa shape index (κ3) is 2.98. The number of fused-ring (bicyclic) bond motifs is 1. The minimum atomic E-state index is -0.479. The molecule has 3 heterocycles. The summed E-state index contributed by atoms with van der Waals surface area (Å²) < 4.78 is 19.1. The molecule has 0 N–H and O–H groups in total. The largest absolute Gasteiger partial charge is 0.332 e. The Morgan fingerprint density at radius 1 is 1.07 bits per heavy atom. The van der Waals surface area contributed by atoms with Crippen LogP contribution in [0.4, 0.5) is 4.39 Å². The van der Waals surface area contributed by atoms with Gasteiger partial charge in [-0.1, -0.05) is 12.1 Å². The van der Waals surface area contributed by atoms with Crippen molar-refractivity contribution in [3.05, 3.63) is 73.9 Å². The molecule has 0 fully saturated rings. The molecule has 0 radical (unpaired) electrons. The molecule has 0 aliphatic carbocycles. The molecule has 9 heteroatoms. The predicted octanol–water partition coefficient (Wildman–Crippen LogP) is 1.91. The van der Waals surface area contributed by atoms with Crippen LogP contribution in [0.15, 0.2) is 39.9 Å². The topological polar surface area (TPSA) is 79.6 Å². The zero-order chi connectivity index (χ0) is 20.9. The molecule has 0 spiro atoms. The summed E-state index contributed by atoms with van der Waals surface area (Å²) in [5.41, 5.74) is 2.09. The number of nitrogens with zero attached hydrogens (tertiary/aromatic N) is 6. The van der Waals surface area contributed by atoms with Crippen molar-refractivity contribution in [2.45, 2.75) is 33.9 Å². The highest BCUT2D eigenvalue weighted by Crippen LogP contribution is 2.17. The lowest BCUT2D eigenvalue weighted by Crippen LogP contribution is -2.40. The summed E-state index contributed by atoms with van der Waals surface area (Å²) in [6, 6.07) is 7.65. The fraction of sp³-hybridized carbons (Fsp3) is 0.300. The van der Waals surface area contributed by atoms with Crippen LogP contribution in [0.1, 0.15) is 23.9 Å². The van der Waals surface area contributed by atoms with E-state index in [0.717, 1.165) is 16.0 Å². The molecule has 0 bridgehead atoms. The Bertz CT molecular complexity index is 1340. The molecule has 4 rings (SSSR count). The zero-order valence-corrected chi connectivity index (χ0v) is 16.7. The van der Waals surface area contributed by atoms with Crippen LogP contribution in [0, 0.1) is 19.7 Å². The van der Waals surface area contributed by atoms with Crippen LogP contribution in [0.5, 0.6) is 0 Å². The minimum absolute atomic E-state index is 0.0475. The molecule has 3 aromatic heterocycles. The highest BCUT2D eigenvalue weighted by Gasteiger charge is 2.21. The van der Waals surface area contributed by atoms with Crippen LogP contribution in [0.25, 0.3) is 17.1 Å². The second kappa shape index (κ2) is 6.84. The average Bonchev–Trinajstić information content (AvgIpc) is 3.24. The van der Waals surface area contributed by atoms with Crippen LogP contribution in [0.3, 0.4) is 0 Å². The van der Waals surface area contributed by atoms with Gasteiger partial charge in [-0.2, -0.15) is 10.1 Å². The number of benzene rings is 1. The lowest BCUT2D eigenvalue weighted by Gasteiger charge is -2.10. The van der Waals surface area contributed by atoms with E-state index in [1.165, 1.54) is 16.7 Å². The summed E-state index contributed by atoms with van der Waals surface area (Å²) in [5.74, 6) is 0.114. The Morgan fingerprint density at radius 2 is 1.76 bits per heavy atom. The monoisotopic (exact) mass is 396 g/mol. The van der Waals surface area contributed by atoms with E-state index >= 15 is 0 Å². The second-order valence-corrected chi connectivity index (χ2v) is 7.03. The summed E-state index contributed by atoms with van der Waals surface area (Å²) >= 11 is 0. The summed E-state index contributed by atoms with van der Waals surface area (Å²) in [6.07, 6.45) is 0. The third-order valence-electron chi connectivity index (χ3n) is 4.98. The van der Waals surface area contributed by atoms with Crippen molar-refractivity contribution in [1.82, 2.24) is 28.5 Å². The molecule has 8 nitrogen and oxygen atoms in total. The van der Waals surface area contributed by atoms with Gasteiger partial charge in [-0.25, -0.2) is 13.9 Å². The maximum Gasteiger partial charge on any atom is 0.332 e. The zero-order valence-electron chi connectivity index (χ0n) is 16.7. The average molecular weight is 396 g/mol. The molecule has 0 amide bonds. The Labute approximate surface area is 165 Å². The Morgan fingerprint density at radius 3 is 2.34 bits per heavy atom. The van der Waals surface area contributed by atoms with E-state index in [1.54, 1.807) is 28.4 Å². The molecule has 29 heavy (non-hydrogen) atoms. The molecule has 4 aromatic rings. The van der Waals surface area contributed by atoms with Crippen LogP contribution in [-0.4, -0.2) is 28.5 Å². The van der Waals surface area contributed by atoms with E-state index in [1.807, 2.05) is 26.8 Å². The first-order chi connectivity index (χ1) is 13.8. The van der Waals surface area contributed by atoms with Crippen molar-refractivity contribution in [1.29, 1.82) is 0 Å². The summed E-state index contributed by atoms with van der Waals surface area (Å²) in [7, 11) is 1.59. The van der Waals surface area contributed by atoms with Crippen molar-refractivity contribution in [3.8, 4) is 5.95 Å². The van der Waals surface area contributed by atoms with Crippen LogP contribution in [0.2, 0.25) is 0 Å². The van der Waals surface area contributed by atoms with Gasteiger partial charge in [-0.05, 0) is 44.5 Å². The van der Waals surface area contributed by atoms with Crippen molar-refractivity contribution >= 4 is 11.2 Å². The SMILES string of the molecule is CCn1c(-n2nc(C)cc2C)nc2c1c(=O)n(Cc1ccc(F)cc1)c(=O)n2C. The third-order valence-corrected chi connectivity index (χ3v) is 4.98. The van der Waals surface area contributed by atoms with Gasteiger partial charge in [0.05, 0.1) is 12.2 Å². The molecule has 0 unspecified atom stereocenters. The van der Waals surface area contributed by atoms with E-state index in [2.05, 4.69) is 10.1 Å². The van der Waals surface area contributed by atoms with E-state index in [-0.39, 0.29) is 12.4 Å². The Balaban J connectivity index is 1.99. The van der Waals surface area contributed by atoms with Crippen molar-refractivity contribution in [2.24, 2.45) is 7.05 Å². The van der Waals surface area contributed by atoms with Gasteiger partial charge >= 0.3 is 5.69 Å². The minimum Gasteiger partial charge on any atom is -0.303 e. The first-order valence-electron chi connectivity index (χ1n) is 9.30. The van der Waals surface area contributed by atoms with Crippen molar-refractivity contribution < 1.29 is 4.39 Å². The van der Waals surface area contributed by atoms with Gasteiger partial charge in [-0.15, -0.1) is 0 Å². The van der Waals surface area contributed by atoms with Gasteiger partial charge < -0.3 is 4.57 Å². The van der Waals surface area contributed by atoms with Gasteiger partial charge in [0.2, 0.25) is 5.95 Å². The number of rotatable bonds is 4. The molecule has 0 saturated heterocycles. The smallest absolute Gasteiger partial charge is 0.303 e. The fourth-order valence-electron chi connectivity index (χ4n) is 3.56. The van der Waals surface area contributed by atoms with Gasteiger partial charge in [-0.3, -0.25) is 13.9 Å². The highest BCUT2D eigenvalue weighted by atomic mass is 19.1. The Kier molecular flexibility index (Phi) is 4.45. The number of hydrogen-bond acceptors (Lipinski definition) is 4. The summed E-state index contributed by atoms with van der Waals surface area (Å²) in [4.78, 5) is 30.7. The highest BCUT2D eigenvalue weighted by molar-refractivity contribution is 5.72. The lowest BCUT2D eigenvalue weighted by molar-refractivity contribution is 0.622. The maximum atomic E-state index is 13.3. The summed E-state index contributed by atoms with van der Waals surface area (Å²) in [6.45, 7) is 6.23. The molecule has 1 aromatic carbocycles. The first kappa shape index (κ1) is 18.9. The number of halogens is 1.